The molecule has 110 valence electrons. The predicted molar refractivity (Wildman–Crippen MR) is 80.6 cm³/mol. The van der Waals surface area contributed by atoms with E-state index in [2.05, 4.69) is 10.3 Å². The summed E-state index contributed by atoms with van der Waals surface area (Å²) < 4.78 is 0. The Morgan fingerprint density at radius 2 is 2.00 bits per heavy atom. The molecule has 5 nitrogen and oxygen atoms in total. The van der Waals surface area contributed by atoms with E-state index in [1.807, 2.05) is 19.9 Å². The summed E-state index contributed by atoms with van der Waals surface area (Å²) in [5.41, 5.74) is 4.62. The third-order valence-electron chi connectivity index (χ3n) is 3.43. The molecule has 1 aromatic heterocycles. The lowest BCUT2D eigenvalue weighted by Crippen LogP contribution is -2.34. The molecule has 2 rings (SSSR count). The molecule has 21 heavy (non-hydrogen) atoms. The fraction of sp³-hybridized carbons (Fsp3) is 0.267. The number of thiazole rings is 1. The molecule has 6 heteroatoms. The van der Waals surface area contributed by atoms with Gasteiger partial charge >= 0.3 is 5.97 Å². The number of benzene rings is 1. The van der Waals surface area contributed by atoms with Crippen LogP contribution in [0, 0.1) is 20.8 Å². The van der Waals surface area contributed by atoms with Crippen molar-refractivity contribution in [3.63, 3.8) is 0 Å². The minimum Gasteiger partial charge on any atom is -0.479 e. The zero-order valence-corrected chi connectivity index (χ0v) is 12.8. The van der Waals surface area contributed by atoms with Crippen molar-refractivity contribution < 1.29 is 14.7 Å². The number of aliphatic carboxylic acids is 1. The van der Waals surface area contributed by atoms with Crippen LogP contribution in [-0.2, 0) is 4.79 Å². The van der Waals surface area contributed by atoms with E-state index in [9.17, 15) is 14.7 Å². The Morgan fingerprint density at radius 1 is 1.29 bits per heavy atom. The maximum absolute atomic E-state index is 12.2. The molecule has 1 atom stereocenters. The number of carbonyl (C=O) groups excluding carboxylic acids is 1. The highest BCUT2D eigenvalue weighted by Crippen LogP contribution is 2.22. The van der Waals surface area contributed by atoms with Crippen molar-refractivity contribution >= 4 is 23.2 Å². The van der Waals surface area contributed by atoms with Gasteiger partial charge in [0, 0.05) is 0 Å². The summed E-state index contributed by atoms with van der Waals surface area (Å²) in [4.78, 5) is 28.2. The average molecular weight is 304 g/mol. The molecule has 0 bridgehead atoms. The number of nitrogens with one attached hydrogen (secondary N) is 1. The van der Waals surface area contributed by atoms with Gasteiger partial charge in [0.2, 0.25) is 0 Å². The summed E-state index contributed by atoms with van der Waals surface area (Å²) >= 11 is 1.20. The van der Waals surface area contributed by atoms with E-state index >= 15 is 0 Å². The Morgan fingerprint density at radius 3 is 2.57 bits per heavy atom. The number of nitrogens with zero attached hydrogens (tertiary/aromatic N) is 1. The first kappa shape index (κ1) is 15.2. The lowest BCUT2D eigenvalue weighted by atomic mass is 9.97. The first-order valence-electron chi connectivity index (χ1n) is 6.41. The molecule has 0 spiro atoms. The number of carboxylic acid groups (broad SMARTS) is 1. The zero-order valence-electron chi connectivity index (χ0n) is 12.0. The number of aromatic nitrogens is 1. The van der Waals surface area contributed by atoms with Crippen LogP contribution in [0.3, 0.4) is 0 Å². The summed E-state index contributed by atoms with van der Waals surface area (Å²) in [5, 5.41) is 12.0. The minimum atomic E-state index is -1.08. The Bertz CT molecular complexity index is 694. The maximum atomic E-state index is 12.2. The van der Waals surface area contributed by atoms with Crippen molar-refractivity contribution in [1.82, 2.24) is 10.3 Å². The van der Waals surface area contributed by atoms with Crippen molar-refractivity contribution in [2.75, 3.05) is 0 Å². The van der Waals surface area contributed by atoms with Gasteiger partial charge in [0.25, 0.3) is 5.91 Å². The second-order valence-corrected chi connectivity index (χ2v) is 5.66. The summed E-state index contributed by atoms with van der Waals surface area (Å²) in [6.07, 6.45) is 0. The molecule has 0 aliphatic rings. The number of amides is 1. The van der Waals surface area contributed by atoms with E-state index in [4.69, 9.17) is 0 Å². The summed E-state index contributed by atoms with van der Waals surface area (Å²) in [7, 11) is 0. The molecular formula is C15H16N2O3S. The van der Waals surface area contributed by atoms with Crippen molar-refractivity contribution in [2.45, 2.75) is 26.8 Å². The molecule has 1 heterocycles. The summed E-state index contributed by atoms with van der Waals surface area (Å²) in [6, 6.07) is 4.35. The number of rotatable bonds is 4. The van der Waals surface area contributed by atoms with Crippen LogP contribution in [0.25, 0.3) is 0 Å². The molecule has 0 fully saturated rings. The van der Waals surface area contributed by atoms with Crippen LogP contribution in [0.2, 0.25) is 0 Å². The van der Waals surface area contributed by atoms with Gasteiger partial charge in [-0.3, -0.25) is 4.79 Å². The summed E-state index contributed by atoms with van der Waals surface area (Å²) in [5.74, 6) is -1.50. The first-order valence-corrected chi connectivity index (χ1v) is 7.29. The van der Waals surface area contributed by atoms with Crippen molar-refractivity contribution in [3.05, 3.63) is 51.0 Å². The maximum Gasteiger partial charge on any atom is 0.330 e. The molecule has 2 N–H and O–H groups in total. The fourth-order valence-electron chi connectivity index (χ4n) is 2.08. The molecule has 1 aromatic carbocycles. The van der Waals surface area contributed by atoms with Crippen LogP contribution in [0.1, 0.15) is 38.1 Å². The Hall–Kier alpha value is -2.21. The molecule has 0 saturated carbocycles. The van der Waals surface area contributed by atoms with Crippen molar-refractivity contribution in [3.8, 4) is 0 Å². The Labute approximate surface area is 126 Å². The number of hydrogen-bond acceptors (Lipinski definition) is 4. The molecule has 0 saturated heterocycles. The molecule has 0 radical (unpaired) electrons. The van der Waals surface area contributed by atoms with Crippen LogP contribution >= 0.6 is 11.3 Å². The lowest BCUT2D eigenvalue weighted by Gasteiger charge is -2.18. The van der Waals surface area contributed by atoms with E-state index in [1.165, 1.54) is 11.3 Å². The highest BCUT2D eigenvalue weighted by atomic mass is 32.1. The predicted octanol–water partition coefficient (Wildman–Crippen LogP) is 2.62. The molecular weight excluding hydrogens is 288 g/mol. The smallest absolute Gasteiger partial charge is 0.330 e. The quantitative estimate of drug-likeness (QED) is 0.910. The standard InChI is InChI=1S/C15H16N2O3S/c1-8-5-4-6-11(9(8)2)12(15(19)20)17-14(18)13-10(3)16-7-21-13/h4-7,12H,1-3H3,(H,17,18)(H,19,20). The fourth-order valence-corrected chi connectivity index (χ4v) is 2.78. The van der Waals surface area contributed by atoms with Crippen LogP contribution < -0.4 is 5.32 Å². The molecule has 1 unspecified atom stereocenters. The van der Waals surface area contributed by atoms with E-state index in [0.717, 1.165) is 11.1 Å². The third kappa shape index (κ3) is 3.11. The van der Waals surface area contributed by atoms with Crippen LogP contribution in [0.15, 0.2) is 23.7 Å². The Kier molecular flexibility index (Phi) is 4.37. The first-order chi connectivity index (χ1) is 9.91. The monoisotopic (exact) mass is 304 g/mol. The summed E-state index contributed by atoms with van der Waals surface area (Å²) in [6.45, 7) is 5.48. The normalized spacial score (nSPS) is 12.0. The van der Waals surface area contributed by atoms with Gasteiger partial charge in [-0.15, -0.1) is 11.3 Å². The second kappa shape index (κ2) is 6.05. The zero-order chi connectivity index (χ0) is 15.6. The number of aryl methyl sites for hydroxylation is 2. The number of hydrogen-bond donors (Lipinski definition) is 2. The van der Waals surface area contributed by atoms with E-state index < -0.39 is 17.9 Å². The average Bonchev–Trinajstić information content (AvgIpc) is 2.85. The lowest BCUT2D eigenvalue weighted by molar-refractivity contribution is -0.139. The topological polar surface area (TPSA) is 79.3 Å². The van der Waals surface area contributed by atoms with Crippen LogP contribution in [-0.4, -0.2) is 22.0 Å². The van der Waals surface area contributed by atoms with Gasteiger partial charge in [-0.05, 0) is 37.5 Å². The van der Waals surface area contributed by atoms with E-state index in [-0.39, 0.29) is 0 Å². The van der Waals surface area contributed by atoms with E-state index in [1.54, 1.807) is 24.6 Å². The van der Waals surface area contributed by atoms with Gasteiger partial charge in [-0.1, -0.05) is 18.2 Å². The van der Waals surface area contributed by atoms with Crippen molar-refractivity contribution in [2.24, 2.45) is 0 Å². The highest BCUT2D eigenvalue weighted by Gasteiger charge is 2.25. The second-order valence-electron chi connectivity index (χ2n) is 4.80. The molecule has 0 aliphatic heterocycles. The van der Waals surface area contributed by atoms with Gasteiger partial charge in [-0.25, -0.2) is 9.78 Å². The van der Waals surface area contributed by atoms with Gasteiger partial charge in [0.15, 0.2) is 6.04 Å². The van der Waals surface area contributed by atoms with Crippen molar-refractivity contribution in [1.29, 1.82) is 0 Å². The molecule has 0 aliphatic carbocycles. The van der Waals surface area contributed by atoms with E-state index in [0.29, 0.717) is 16.1 Å². The largest absolute Gasteiger partial charge is 0.479 e. The third-order valence-corrected chi connectivity index (χ3v) is 4.36. The number of carboxylic acids is 1. The number of carbonyl (C=O) groups is 2. The molecule has 1 amide bonds. The molecule has 2 aromatic rings. The van der Waals surface area contributed by atoms with Crippen LogP contribution in [0.5, 0.6) is 0 Å². The van der Waals surface area contributed by atoms with Gasteiger partial charge in [0.05, 0.1) is 11.2 Å². The van der Waals surface area contributed by atoms with Gasteiger partial charge in [0.1, 0.15) is 4.88 Å². The highest BCUT2D eigenvalue weighted by molar-refractivity contribution is 7.11. The van der Waals surface area contributed by atoms with Crippen LogP contribution in [0.4, 0.5) is 0 Å². The van der Waals surface area contributed by atoms with Gasteiger partial charge in [-0.2, -0.15) is 0 Å². The Balaban J connectivity index is 2.33. The van der Waals surface area contributed by atoms with Gasteiger partial charge < -0.3 is 10.4 Å². The minimum absolute atomic E-state index is 0.414. The SMILES string of the molecule is Cc1cccc(C(NC(=O)c2scnc2C)C(=O)O)c1C.